The van der Waals surface area contributed by atoms with Crippen LogP contribution in [0.2, 0.25) is 0 Å². The van der Waals surface area contributed by atoms with Crippen molar-refractivity contribution in [1.82, 2.24) is 9.55 Å². The first-order chi connectivity index (χ1) is 13.7. The van der Waals surface area contributed by atoms with Gasteiger partial charge in [-0.15, -0.1) is 0 Å². The maximum absolute atomic E-state index is 10.8. The van der Waals surface area contributed by atoms with Gasteiger partial charge in [0.2, 0.25) is 0 Å². The Bertz CT molecular complexity index is 1220. The van der Waals surface area contributed by atoms with Gasteiger partial charge >= 0.3 is 0 Å². The Labute approximate surface area is 162 Å². The molecule has 0 fully saturated rings. The summed E-state index contributed by atoms with van der Waals surface area (Å²) in [4.78, 5) is 4.51. The van der Waals surface area contributed by atoms with Crippen molar-refractivity contribution in [3.63, 3.8) is 0 Å². The Morgan fingerprint density at radius 3 is 2.43 bits per heavy atom. The highest BCUT2D eigenvalue weighted by Gasteiger charge is 2.17. The Morgan fingerprint density at radius 1 is 0.964 bits per heavy atom. The second-order valence-corrected chi connectivity index (χ2v) is 6.26. The average Bonchev–Trinajstić information content (AvgIpc) is 3.06. The van der Waals surface area contributed by atoms with Crippen LogP contribution in [0.25, 0.3) is 22.4 Å². The number of benzene rings is 3. The third-order valence-corrected chi connectivity index (χ3v) is 4.45. The van der Waals surface area contributed by atoms with E-state index < -0.39 is 0 Å². The van der Waals surface area contributed by atoms with Crippen LogP contribution in [-0.4, -0.2) is 14.7 Å². The Hall–Kier alpha value is -4.04. The molecule has 0 amide bonds. The number of aliphatic hydroxyl groups is 1. The van der Waals surface area contributed by atoms with Crippen molar-refractivity contribution < 1.29 is 9.84 Å². The van der Waals surface area contributed by atoms with Gasteiger partial charge in [-0.25, -0.2) is 4.98 Å². The summed E-state index contributed by atoms with van der Waals surface area (Å²) in [5.41, 5.74) is 2.24. The number of aryl methyl sites for hydroxylation is 1. The SMILES string of the molecule is Cn1c(C(C#N)=C(O)c2cccc(Oc3ccccc3)c2)nc2ccccc21. The standard InChI is InChI=1S/C23H17N3O2/c1-26-21-13-6-5-12-20(21)25-23(26)19(15-24)22(27)16-8-7-11-18(14-16)28-17-9-3-2-4-10-17/h2-14,27H,1H3. The summed E-state index contributed by atoms with van der Waals surface area (Å²) < 4.78 is 7.62. The maximum atomic E-state index is 10.8. The zero-order valence-corrected chi connectivity index (χ0v) is 15.2. The third-order valence-electron chi connectivity index (χ3n) is 4.45. The lowest BCUT2D eigenvalue weighted by Gasteiger charge is -2.09. The van der Waals surface area contributed by atoms with Crippen LogP contribution in [0.5, 0.6) is 11.5 Å². The lowest BCUT2D eigenvalue weighted by atomic mass is 10.1. The van der Waals surface area contributed by atoms with Crippen LogP contribution in [0.4, 0.5) is 0 Å². The van der Waals surface area contributed by atoms with Crippen molar-refractivity contribution >= 4 is 22.4 Å². The quantitative estimate of drug-likeness (QED) is 0.392. The molecule has 5 heteroatoms. The second kappa shape index (κ2) is 7.29. The number of ether oxygens (including phenoxy) is 1. The summed E-state index contributed by atoms with van der Waals surface area (Å²) >= 11 is 0. The molecule has 0 bridgehead atoms. The summed E-state index contributed by atoms with van der Waals surface area (Å²) in [6.45, 7) is 0. The first-order valence-electron chi connectivity index (χ1n) is 8.76. The summed E-state index contributed by atoms with van der Waals surface area (Å²) in [5.74, 6) is 1.53. The van der Waals surface area contributed by atoms with Crippen LogP contribution >= 0.6 is 0 Å². The fraction of sp³-hybridized carbons (Fsp3) is 0.0435. The largest absolute Gasteiger partial charge is 0.506 e. The number of nitriles is 1. The van der Waals surface area contributed by atoms with Crippen LogP contribution < -0.4 is 4.74 Å². The van der Waals surface area contributed by atoms with E-state index in [9.17, 15) is 10.4 Å². The van der Waals surface area contributed by atoms with Crippen molar-refractivity contribution in [3.8, 4) is 17.6 Å². The van der Waals surface area contributed by atoms with Crippen LogP contribution in [0.3, 0.4) is 0 Å². The topological polar surface area (TPSA) is 71.1 Å². The van der Waals surface area contributed by atoms with Gasteiger partial charge < -0.3 is 14.4 Å². The van der Waals surface area contributed by atoms with E-state index in [-0.39, 0.29) is 11.3 Å². The highest BCUT2D eigenvalue weighted by atomic mass is 16.5. The van der Waals surface area contributed by atoms with E-state index in [0.717, 1.165) is 11.0 Å². The van der Waals surface area contributed by atoms with E-state index in [2.05, 4.69) is 11.1 Å². The van der Waals surface area contributed by atoms with E-state index in [1.54, 1.807) is 28.8 Å². The number of aliphatic hydroxyl groups excluding tert-OH is 1. The Morgan fingerprint density at radius 2 is 1.68 bits per heavy atom. The van der Waals surface area contributed by atoms with Gasteiger partial charge in [0.25, 0.3) is 0 Å². The lowest BCUT2D eigenvalue weighted by Crippen LogP contribution is -1.99. The van der Waals surface area contributed by atoms with Gasteiger partial charge in [-0.1, -0.05) is 42.5 Å². The molecular weight excluding hydrogens is 350 g/mol. The zero-order valence-electron chi connectivity index (χ0n) is 15.2. The summed E-state index contributed by atoms with van der Waals surface area (Å²) in [6, 6.07) is 26.1. The monoisotopic (exact) mass is 367 g/mol. The number of nitrogens with zero attached hydrogens (tertiary/aromatic N) is 3. The van der Waals surface area contributed by atoms with E-state index in [4.69, 9.17) is 4.74 Å². The van der Waals surface area contributed by atoms with E-state index in [0.29, 0.717) is 22.9 Å². The molecule has 0 aliphatic rings. The third kappa shape index (κ3) is 3.19. The van der Waals surface area contributed by atoms with Crippen LogP contribution in [0.1, 0.15) is 11.4 Å². The van der Waals surface area contributed by atoms with Crippen LogP contribution in [-0.2, 0) is 7.05 Å². The van der Waals surface area contributed by atoms with Crippen molar-refractivity contribution in [2.24, 2.45) is 7.05 Å². The van der Waals surface area contributed by atoms with Gasteiger partial charge in [0.1, 0.15) is 28.9 Å². The maximum Gasteiger partial charge on any atom is 0.155 e. The first kappa shape index (κ1) is 17.4. The molecule has 0 saturated carbocycles. The smallest absolute Gasteiger partial charge is 0.155 e. The van der Waals surface area contributed by atoms with Crippen molar-refractivity contribution in [2.45, 2.75) is 0 Å². The Balaban J connectivity index is 1.76. The molecule has 0 unspecified atom stereocenters. The molecule has 28 heavy (non-hydrogen) atoms. The number of imidazole rings is 1. The van der Waals surface area contributed by atoms with Gasteiger partial charge in [0.15, 0.2) is 5.82 Å². The molecule has 1 heterocycles. The molecule has 0 aliphatic heterocycles. The van der Waals surface area contributed by atoms with Crippen LogP contribution in [0, 0.1) is 11.3 Å². The van der Waals surface area contributed by atoms with Crippen molar-refractivity contribution in [2.75, 3.05) is 0 Å². The minimum atomic E-state index is -0.139. The van der Waals surface area contributed by atoms with Crippen molar-refractivity contribution in [1.29, 1.82) is 5.26 Å². The van der Waals surface area contributed by atoms with Gasteiger partial charge in [-0.05, 0) is 36.4 Å². The number of aromatic nitrogens is 2. The molecule has 0 saturated heterocycles. The number of rotatable bonds is 4. The molecule has 3 aromatic carbocycles. The predicted molar refractivity (Wildman–Crippen MR) is 109 cm³/mol. The van der Waals surface area contributed by atoms with E-state index in [1.807, 2.05) is 61.6 Å². The second-order valence-electron chi connectivity index (χ2n) is 6.26. The summed E-state index contributed by atoms with van der Waals surface area (Å²) in [7, 11) is 1.82. The zero-order chi connectivity index (χ0) is 19.5. The first-order valence-corrected chi connectivity index (χ1v) is 8.76. The molecule has 0 spiro atoms. The minimum Gasteiger partial charge on any atom is -0.506 e. The molecule has 1 aromatic heterocycles. The molecule has 1 N–H and O–H groups in total. The number of hydrogen-bond acceptors (Lipinski definition) is 4. The van der Waals surface area contributed by atoms with Gasteiger partial charge in [-0.3, -0.25) is 0 Å². The summed E-state index contributed by atoms with van der Waals surface area (Å²) in [5, 5.41) is 20.5. The lowest BCUT2D eigenvalue weighted by molar-refractivity contribution is 0.480. The molecule has 5 nitrogen and oxygen atoms in total. The fourth-order valence-corrected chi connectivity index (χ4v) is 3.05. The van der Waals surface area contributed by atoms with E-state index >= 15 is 0 Å². The van der Waals surface area contributed by atoms with Gasteiger partial charge in [0.05, 0.1) is 11.0 Å². The molecule has 0 radical (unpaired) electrons. The summed E-state index contributed by atoms with van der Waals surface area (Å²) in [6.07, 6.45) is 0. The van der Waals surface area contributed by atoms with Crippen molar-refractivity contribution in [3.05, 3.63) is 90.3 Å². The fourth-order valence-electron chi connectivity index (χ4n) is 3.05. The van der Waals surface area contributed by atoms with Crippen LogP contribution in [0.15, 0.2) is 78.9 Å². The van der Waals surface area contributed by atoms with Gasteiger partial charge in [0, 0.05) is 12.6 Å². The number of allylic oxidation sites excluding steroid dienone is 1. The molecular formula is C23H17N3O2. The Kier molecular flexibility index (Phi) is 4.53. The molecule has 136 valence electrons. The number of para-hydroxylation sites is 3. The number of hydrogen-bond donors (Lipinski definition) is 1. The minimum absolute atomic E-state index is 0.107. The predicted octanol–water partition coefficient (Wildman–Crippen LogP) is 5.32. The molecule has 4 rings (SSSR count). The normalized spacial score (nSPS) is 11.7. The number of fused-ring (bicyclic) bond motifs is 1. The highest BCUT2D eigenvalue weighted by Crippen LogP contribution is 2.29. The van der Waals surface area contributed by atoms with E-state index in [1.165, 1.54) is 0 Å². The molecule has 0 aliphatic carbocycles. The highest BCUT2D eigenvalue weighted by molar-refractivity contribution is 5.94. The molecule has 0 atom stereocenters. The van der Waals surface area contributed by atoms with Gasteiger partial charge in [-0.2, -0.15) is 5.26 Å². The molecule has 4 aromatic rings. The average molecular weight is 367 g/mol.